The lowest BCUT2D eigenvalue weighted by molar-refractivity contribution is 0.0942. The second kappa shape index (κ2) is 9.51. The first kappa shape index (κ1) is 21.5. The van der Waals surface area contributed by atoms with Crippen LogP contribution in [0.15, 0.2) is 77.7 Å². The van der Waals surface area contributed by atoms with E-state index in [2.05, 4.69) is 10.0 Å². The van der Waals surface area contributed by atoms with E-state index in [0.717, 1.165) is 29.3 Å². The third kappa shape index (κ3) is 5.03. The van der Waals surface area contributed by atoms with E-state index in [1.165, 1.54) is 7.05 Å². The minimum absolute atomic E-state index is 0.115. The summed E-state index contributed by atoms with van der Waals surface area (Å²) in [6.45, 7) is 0.274. The summed E-state index contributed by atoms with van der Waals surface area (Å²) in [6.07, 6.45) is 0. The average molecular weight is 428 g/mol. The van der Waals surface area contributed by atoms with Crippen LogP contribution < -0.4 is 14.8 Å². The van der Waals surface area contributed by atoms with Gasteiger partial charge in [-0.2, -0.15) is 0 Å². The van der Waals surface area contributed by atoms with Crippen LogP contribution in [0.2, 0.25) is 0 Å². The van der Waals surface area contributed by atoms with Crippen LogP contribution in [0.4, 0.5) is 4.39 Å². The maximum absolute atomic E-state index is 14.0. The Morgan fingerprint density at radius 2 is 1.70 bits per heavy atom. The minimum Gasteiger partial charge on any atom is -0.491 e. The van der Waals surface area contributed by atoms with E-state index in [4.69, 9.17) is 4.74 Å². The van der Waals surface area contributed by atoms with Crippen LogP contribution in [0.25, 0.3) is 11.1 Å². The molecular formula is C22H21FN2O4S. The van der Waals surface area contributed by atoms with E-state index in [-0.39, 0.29) is 23.6 Å². The molecule has 30 heavy (non-hydrogen) atoms. The summed E-state index contributed by atoms with van der Waals surface area (Å²) >= 11 is 0. The van der Waals surface area contributed by atoms with Crippen LogP contribution in [-0.2, 0) is 10.0 Å². The van der Waals surface area contributed by atoms with Crippen molar-refractivity contribution in [2.24, 2.45) is 0 Å². The highest BCUT2D eigenvalue weighted by Gasteiger charge is 2.18. The molecule has 2 N–H and O–H groups in total. The van der Waals surface area contributed by atoms with E-state index in [9.17, 15) is 17.6 Å². The van der Waals surface area contributed by atoms with E-state index in [1.54, 1.807) is 0 Å². The fourth-order valence-electron chi connectivity index (χ4n) is 2.83. The van der Waals surface area contributed by atoms with Crippen molar-refractivity contribution in [3.63, 3.8) is 0 Å². The predicted octanol–water partition coefficient (Wildman–Crippen LogP) is 3.21. The molecule has 0 atom stereocenters. The molecule has 0 aliphatic rings. The van der Waals surface area contributed by atoms with Gasteiger partial charge in [0.2, 0.25) is 10.0 Å². The Morgan fingerprint density at radius 1 is 1.00 bits per heavy atom. The summed E-state index contributed by atoms with van der Waals surface area (Å²) in [4.78, 5) is 12.1. The number of hydrogen-bond acceptors (Lipinski definition) is 4. The molecule has 0 unspecified atom stereocenters. The van der Waals surface area contributed by atoms with Gasteiger partial charge in [-0.05, 0) is 36.9 Å². The van der Waals surface area contributed by atoms with Crippen LogP contribution >= 0.6 is 0 Å². The number of halogens is 1. The van der Waals surface area contributed by atoms with Crippen LogP contribution in [0.1, 0.15) is 10.4 Å². The molecular weight excluding hydrogens is 407 g/mol. The molecule has 3 aromatic carbocycles. The third-order valence-electron chi connectivity index (χ3n) is 4.38. The molecule has 0 saturated carbocycles. The quantitative estimate of drug-likeness (QED) is 0.540. The van der Waals surface area contributed by atoms with Crippen LogP contribution in [0, 0.1) is 5.82 Å². The number of benzene rings is 3. The van der Waals surface area contributed by atoms with Crippen molar-refractivity contribution < 1.29 is 22.3 Å². The van der Waals surface area contributed by atoms with Crippen molar-refractivity contribution in [2.45, 2.75) is 4.90 Å². The molecule has 3 aromatic rings. The lowest BCUT2D eigenvalue weighted by Crippen LogP contribution is -2.29. The molecule has 0 fully saturated rings. The normalized spacial score (nSPS) is 11.1. The second-order valence-electron chi connectivity index (χ2n) is 6.32. The first-order valence-electron chi connectivity index (χ1n) is 9.21. The molecule has 8 heteroatoms. The monoisotopic (exact) mass is 428 g/mol. The lowest BCUT2D eigenvalue weighted by atomic mass is 10.1. The molecule has 0 radical (unpaired) electrons. The zero-order valence-electron chi connectivity index (χ0n) is 16.3. The molecule has 3 rings (SSSR count). The third-order valence-corrected chi connectivity index (χ3v) is 5.79. The Labute approximate surface area is 174 Å². The van der Waals surface area contributed by atoms with E-state index < -0.39 is 21.7 Å². The fourth-order valence-corrected chi connectivity index (χ4v) is 3.59. The van der Waals surface area contributed by atoms with Gasteiger partial charge in [0, 0.05) is 5.56 Å². The Morgan fingerprint density at radius 3 is 2.43 bits per heavy atom. The zero-order valence-corrected chi connectivity index (χ0v) is 17.1. The van der Waals surface area contributed by atoms with Gasteiger partial charge >= 0.3 is 0 Å². The van der Waals surface area contributed by atoms with Gasteiger partial charge in [0.05, 0.1) is 17.0 Å². The number of carbonyl (C=O) groups is 1. The first-order valence-corrected chi connectivity index (χ1v) is 10.7. The van der Waals surface area contributed by atoms with Gasteiger partial charge in [-0.25, -0.2) is 17.5 Å². The van der Waals surface area contributed by atoms with Crippen molar-refractivity contribution in [1.82, 2.24) is 10.0 Å². The number of sulfonamides is 1. The topological polar surface area (TPSA) is 84.5 Å². The van der Waals surface area contributed by atoms with Crippen molar-refractivity contribution in [1.29, 1.82) is 0 Å². The number of ether oxygens (including phenoxy) is 1. The Kier molecular flexibility index (Phi) is 6.81. The summed E-state index contributed by atoms with van der Waals surface area (Å²) in [6, 6.07) is 20.3. The molecule has 0 spiro atoms. The largest absolute Gasteiger partial charge is 0.491 e. The molecule has 1 amide bonds. The zero-order chi connectivity index (χ0) is 21.6. The van der Waals surface area contributed by atoms with Gasteiger partial charge in [-0.1, -0.05) is 48.5 Å². The van der Waals surface area contributed by atoms with Crippen molar-refractivity contribution in [3.05, 3.63) is 84.2 Å². The summed E-state index contributed by atoms with van der Waals surface area (Å²) < 4.78 is 45.7. The number of nitrogens with one attached hydrogen (secondary N) is 2. The van der Waals surface area contributed by atoms with Crippen molar-refractivity contribution >= 4 is 15.9 Å². The Bertz CT molecular complexity index is 1130. The summed E-state index contributed by atoms with van der Waals surface area (Å²) in [5, 5.41) is 2.55. The van der Waals surface area contributed by atoms with Gasteiger partial charge in [-0.15, -0.1) is 0 Å². The molecule has 0 saturated heterocycles. The first-order chi connectivity index (χ1) is 14.4. The number of hydrogen-bond donors (Lipinski definition) is 2. The average Bonchev–Trinajstić information content (AvgIpc) is 2.77. The van der Waals surface area contributed by atoms with Gasteiger partial charge in [-0.3, -0.25) is 4.79 Å². The van der Waals surface area contributed by atoms with E-state index in [1.807, 2.05) is 54.6 Å². The molecule has 0 aromatic heterocycles. The van der Waals surface area contributed by atoms with Crippen LogP contribution in [0.5, 0.6) is 5.75 Å². The SMILES string of the molecule is CNS(=O)(=O)c1ccc(F)c(C(=O)NCCOc2ccccc2-c2ccccc2)c1. The van der Waals surface area contributed by atoms with Gasteiger partial charge in [0.1, 0.15) is 18.2 Å². The van der Waals surface area contributed by atoms with Crippen LogP contribution in [-0.4, -0.2) is 34.5 Å². The Hall–Kier alpha value is -3.23. The van der Waals surface area contributed by atoms with Gasteiger partial charge in [0.15, 0.2) is 0 Å². The summed E-state index contributed by atoms with van der Waals surface area (Å²) in [5.74, 6) is -0.871. The highest BCUT2D eigenvalue weighted by atomic mass is 32.2. The standard InChI is InChI=1S/C22H21FN2O4S/c1-24-30(27,28)17-11-12-20(23)19(15-17)22(26)25-13-14-29-21-10-6-5-9-18(21)16-7-3-2-4-8-16/h2-12,15,24H,13-14H2,1H3,(H,25,26). The van der Waals surface area contributed by atoms with Crippen molar-refractivity contribution in [2.75, 3.05) is 20.2 Å². The predicted molar refractivity (Wildman–Crippen MR) is 112 cm³/mol. The smallest absolute Gasteiger partial charge is 0.254 e. The number of amides is 1. The molecule has 0 bridgehead atoms. The van der Waals surface area contributed by atoms with Crippen LogP contribution in [0.3, 0.4) is 0 Å². The highest BCUT2D eigenvalue weighted by molar-refractivity contribution is 7.89. The molecule has 6 nitrogen and oxygen atoms in total. The molecule has 0 heterocycles. The summed E-state index contributed by atoms with van der Waals surface area (Å²) in [5.41, 5.74) is 1.57. The maximum Gasteiger partial charge on any atom is 0.254 e. The van der Waals surface area contributed by atoms with Gasteiger partial charge in [0.25, 0.3) is 5.91 Å². The van der Waals surface area contributed by atoms with Crippen molar-refractivity contribution in [3.8, 4) is 16.9 Å². The number of para-hydroxylation sites is 1. The molecule has 156 valence electrons. The van der Waals surface area contributed by atoms with E-state index in [0.29, 0.717) is 5.75 Å². The molecule has 0 aliphatic heterocycles. The number of carbonyl (C=O) groups excluding carboxylic acids is 1. The second-order valence-corrected chi connectivity index (χ2v) is 8.20. The summed E-state index contributed by atoms with van der Waals surface area (Å²) in [7, 11) is -2.55. The molecule has 0 aliphatic carbocycles. The number of rotatable bonds is 8. The Balaban J connectivity index is 1.64. The van der Waals surface area contributed by atoms with E-state index >= 15 is 0 Å². The minimum atomic E-state index is -3.78. The van der Waals surface area contributed by atoms with Gasteiger partial charge < -0.3 is 10.1 Å². The maximum atomic E-state index is 14.0. The fraction of sp³-hybridized carbons (Fsp3) is 0.136. The highest BCUT2D eigenvalue weighted by Crippen LogP contribution is 2.29. The lowest BCUT2D eigenvalue weighted by Gasteiger charge is -2.12.